The van der Waals surface area contributed by atoms with Crippen LogP contribution in [0.4, 0.5) is 8.78 Å². The van der Waals surface area contributed by atoms with E-state index >= 15 is 0 Å². The quantitative estimate of drug-likeness (QED) is 0.377. The van der Waals surface area contributed by atoms with Gasteiger partial charge in [0, 0.05) is 24.0 Å². The van der Waals surface area contributed by atoms with Crippen LogP contribution in [0.1, 0.15) is 18.5 Å². The summed E-state index contributed by atoms with van der Waals surface area (Å²) >= 11 is 0. The minimum Gasteiger partial charge on any atom is -0.381 e. The summed E-state index contributed by atoms with van der Waals surface area (Å²) in [6, 6.07) is 8.86. The Balaban J connectivity index is 1.53. The summed E-state index contributed by atoms with van der Waals surface area (Å²) in [7, 11) is 0. The van der Waals surface area contributed by atoms with E-state index in [-0.39, 0.29) is 12.1 Å². The Hall–Kier alpha value is -4.52. The molecule has 0 amide bonds. The van der Waals surface area contributed by atoms with E-state index in [1.807, 2.05) is 0 Å². The largest absolute Gasteiger partial charge is 0.381 e. The molecule has 0 saturated heterocycles. The van der Waals surface area contributed by atoms with Crippen molar-refractivity contribution in [3.8, 4) is 11.4 Å². The Kier molecular flexibility index (Phi) is 5.53. The number of aromatic nitrogens is 9. The Bertz CT molecular complexity index is 1490. The molecular formula is C22H19F2N9O2. The number of halogens is 2. The number of imidazole rings is 1. The lowest BCUT2D eigenvalue weighted by Gasteiger charge is -2.35. The molecule has 13 heteroatoms. The molecule has 0 spiro atoms. The van der Waals surface area contributed by atoms with Crippen molar-refractivity contribution >= 4 is 0 Å². The Morgan fingerprint density at radius 3 is 2.49 bits per heavy atom. The van der Waals surface area contributed by atoms with Gasteiger partial charge in [-0.25, -0.2) is 27.9 Å². The van der Waals surface area contributed by atoms with Crippen molar-refractivity contribution in [3.63, 3.8) is 0 Å². The van der Waals surface area contributed by atoms with Crippen LogP contribution in [-0.4, -0.2) is 49.2 Å². The molecule has 35 heavy (non-hydrogen) atoms. The van der Waals surface area contributed by atoms with Crippen LogP contribution in [0.25, 0.3) is 11.4 Å². The average molecular weight is 479 g/mol. The second-order valence-corrected chi connectivity index (χ2v) is 7.95. The summed E-state index contributed by atoms with van der Waals surface area (Å²) in [4.78, 5) is 17.2. The Morgan fingerprint density at radius 2 is 1.83 bits per heavy atom. The van der Waals surface area contributed by atoms with Crippen molar-refractivity contribution in [1.82, 2.24) is 44.1 Å². The fourth-order valence-electron chi connectivity index (χ4n) is 4.00. The third-order valence-electron chi connectivity index (χ3n) is 5.92. The van der Waals surface area contributed by atoms with Crippen molar-refractivity contribution in [2.45, 2.75) is 25.1 Å². The summed E-state index contributed by atoms with van der Waals surface area (Å²) in [5, 5.41) is 26.8. The highest BCUT2D eigenvalue weighted by atomic mass is 19.1. The van der Waals surface area contributed by atoms with Gasteiger partial charge in [0.1, 0.15) is 36.2 Å². The zero-order valence-electron chi connectivity index (χ0n) is 18.3. The molecule has 178 valence electrons. The maximum absolute atomic E-state index is 14.8. The molecule has 0 aliphatic rings. The molecule has 1 N–H and O–H groups in total. The van der Waals surface area contributed by atoms with Crippen molar-refractivity contribution in [1.29, 1.82) is 0 Å². The fourth-order valence-corrected chi connectivity index (χ4v) is 4.00. The summed E-state index contributed by atoms with van der Waals surface area (Å²) in [5.74, 6) is -1.72. The molecule has 0 aliphatic heterocycles. The predicted molar refractivity (Wildman–Crippen MR) is 118 cm³/mol. The molecule has 0 bridgehead atoms. The lowest BCUT2D eigenvalue weighted by atomic mass is 9.86. The van der Waals surface area contributed by atoms with Gasteiger partial charge in [-0.3, -0.25) is 9.13 Å². The molecule has 5 rings (SSSR count). The third kappa shape index (κ3) is 4.01. The molecular weight excluding hydrogens is 460 g/mol. The lowest BCUT2D eigenvalue weighted by molar-refractivity contribution is -0.0342. The average Bonchev–Trinajstić information content (AvgIpc) is 3.61. The SMILES string of the molecule is C[C@@H](n1ccn(-c2ccc(-n3cnnn3)cc2)c1=O)[C@@](O)(Cn1cncn1)c1ccc(F)cc1F. The van der Waals surface area contributed by atoms with Gasteiger partial charge in [0.15, 0.2) is 0 Å². The van der Waals surface area contributed by atoms with E-state index in [4.69, 9.17) is 0 Å². The van der Waals surface area contributed by atoms with Gasteiger partial charge in [0.05, 0.1) is 24.0 Å². The second kappa shape index (κ2) is 8.68. The molecule has 3 heterocycles. The van der Waals surface area contributed by atoms with E-state index < -0.39 is 29.0 Å². The van der Waals surface area contributed by atoms with E-state index in [1.54, 1.807) is 37.4 Å². The fraction of sp³-hybridized carbons (Fsp3) is 0.182. The Labute approximate surface area is 196 Å². The summed E-state index contributed by atoms with van der Waals surface area (Å²) in [6.45, 7) is 1.35. The first-order valence-electron chi connectivity index (χ1n) is 10.5. The van der Waals surface area contributed by atoms with Gasteiger partial charge in [0.2, 0.25) is 0 Å². The molecule has 0 unspecified atom stereocenters. The first kappa shape index (κ1) is 22.3. The first-order valence-corrected chi connectivity index (χ1v) is 10.5. The van der Waals surface area contributed by atoms with Crippen LogP contribution < -0.4 is 5.69 Å². The van der Waals surface area contributed by atoms with Gasteiger partial charge in [0.25, 0.3) is 0 Å². The molecule has 2 atom stereocenters. The van der Waals surface area contributed by atoms with Gasteiger partial charge in [-0.1, -0.05) is 6.07 Å². The van der Waals surface area contributed by atoms with Gasteiger partial charge >= 0.3 is 5.69 Å². The van der Waals surface area contributed by atoms with Crippen LogP contribution in [0.3, 0.4) is 0 Å². The van der Waals surface area contributed by atoms with Gasteiger partial charge in [-0.2, -0.15) is 5.10 Å². The highest BCUT2D eigenvalue weighted by Crippen LogP contribution is 2.36. The van der Waals surface area contributed by atoms with Crippen LogP contribution in [0.15, 0.2) is 78.6 Å². The zero-order chi connectivity index (χ0) is 24.6. The van der Waals surface area contributed by atoms with Crippen LogP contribution in [0, 0.1) is 11.6 Å². The summed E-state index contributed by atoms with van der Waals surface area (Å²) < 4.78 is 33.9. The van der Waals surface area contributed by atoms with Crippen molar-refractivity contribution in [2.24, 2.45) is 0 Å². The van der Waals surface area contributed by atoms with Gasteiger partial charge < -0.3 is 5.11 Å². The van der Waals surface area contributed by atoms with E-state index in [0.717, 1.165) is 12.1 Å². The minimum absolute atomic E-state index is 0.174. The number of tetrazole rings is 1. The third-order valence-corrected chi connectivity index (χ3v) is 5.92. The van der Waals surface area contributed by atoms with Gasteiger partial charge in [-0.05, 0) is 47.7 Å². The van der Waals surface area contributed by atoms with Crippen LogP contribution in [0.5, 0.6) is 0 Å². The van der Waals surface area contributed by atoms with Crippen LogP contribution in [-0.2, 0) is 12.1 Å². The first-order chi connectivity index (χ1) is 16.9. The van der Waals surface area contributed by atoms with Crippen molar-refractivity contribution in [2.75, 3.05) is 0 Å². The van der Waals surface area contributed by atoms with E-state index in [1.165, 1.54) is 43.7 Å². The molecule has 0 radical (unpaired) electrons. The van der Waals surface area contributed by atoms with Crippen LogP contribution >= 0.6 is 0 Å². The highest BCUT2D eigenvalue weighted by molar-refractivity contribution is 5.40. The zero-order valence-corrected chi connectivity index (χ0v) is 18.3. The van der Waals surface area contributed by atoms with E-state index in [0.29, 0.717) is 17.4 Å². The number of aliphatic hydroxyl groups is 1. The van der Waals surface area contributed by atoms with Gasteiger partial charge in [-0.15, -0.1) is 5.10 Å². The molecule has 0 saturated carbocycles. The highest BCUT2D eigenvalue weighted by Gasteiger charge is 2.41. The topological polar surface area (TPSA) is 121 Å². The van der Waals surface area contributed by atoms with E-state index in [2.05, 4.69) is 25.6 Å². The molecule has 0 fully saturated rings. The predicted octanol–water partition coefficient (Wildman–Crippen LogP) is 1.63. The van der Waals surface area contributed by atoms with Crippen molar-refractivity contribution < 1.29 is 13.9 Å². The van der Waals surface area contributed by atoms with Crippen molar-refractivity contribution in [3.05, 3.63) is 102 Å². The second-order valence-electron chi connectivity index (χ2n) is 7.95. The number of benzene rings is 2. The lowest BCUT2D eigenvalue weighted by Crippen LogP contribution is -2.43. The molecule has 11 nitrogen and oxygen atoms in total. The monoisotopic (exact) mass is 479 g/mol. The maximum Gasteiger partial charge on any atom is 0.333 e. The molecule has 3 aromatic heterocycles. The minimum atomic E-state index is -1.97. The van der Waals surface area contributed by atoms with Crippen LogP contribution in [0.2, 0.25) is 0 Å². The van der Waals surface area contributed by atoms with E-state index in [9.17, 15) is 18.7 Å². The number of hydrogen-bond donors (Lipinski definition) is 1. The number of hydrogen-bond acceptors (Lipinski definition) is 7. The normalized spacial score (nSPS) is 14.1. The maximum atomic E-state index is 14.8. The molecule has 0 aliphatic carbocycles. The Morgan fingerprint density at radius 1 is 1.06 bits per heavy atom. The number of nitrogens with zero attached hydrogens (tertiary/aromatic N) is 9. The summed E-state index contributed by atoms with van der Waals surface area (Å²) in [6.07, 6.45) is 7.12. The molecule has 5 aromatic rings. The standard InChI is InChI=1S/C22H19F2N9O2/c1-15(22(35,11-30-13-25-12-27-30)19-7-2-16(23)10-20(19)24)31-8-9-32(21(31)34)17-3-5-18(6-4-17)33-14-26-28-29-33/h2-10,12-15,35H,11H2,1H3/t15-,22+/m1/s1. The summed E-state index contributed by atoms with van der Waals surface area (Å²) in [5.41, 5.74) is -1.34. The molecule has 2 aromatic carbocycles. The smallest absolute Gasteiger partial charge is 0.333 e. The number of rotatable bonds is 7.